The summed E-state index contributed by atoms with van der Waals surface area (Å²) in [5.74, 6) is -0.399. The zero-order valence-corrected chi connectivity index (χ0v) is 11.3. The van der Waals surface area contributed by atoms with Crippen LogP contribution in [0, 0.1) is 18.3 Å². The van der Waals surface area contributed by atoms with Crippen LogP contribution in [0.15, 0.2) is 34.7 Å². The van der Waals surface area contributed by atoms with Gasteiger partial charge in [0.05, 0.1) is 11.8 Å². The van der Waals surface area contributed by atoms with Crippen LogP contribution in [0.5, 0.6) is 0 Å². The highest BCUT2D eigenvalue weighted by Crippen LogP contribution is 2.26. The summed E-state index contributed by atoms with van der Waals surface area (Å²) in [6.45, 7) is 1.79. The van der Waals surface area contributed by atoms with E-state index in [-0.39, 0.29) is 5.28 Å². The summed E-state index contributed by atoms with van der Waals surface area (Å²) < 4.78 is 5.62. The molecule has 0 unspecified atom stereocenters. The first-order valence-corrected chi connectivity index (χ1v) is 6.31. The fourth-order valence-electron chi connectivity index (χ4n) is 1.96. The first-order valence-electron chi connectivity index (χ1n) is 5.93. The third-order valence-corrected chi connectivity index (χ3v) is 3.00. The van der Waals surface area contributed by atoms with Crippen LogP contribution in [0.3, 0.4) is 0 Å². The largest absolute Gasteiger partial charge is 0.439 e. The van der Waals surface area contributed by atoms with Crippen molar-refractivity contribution >= 4 is 22.7 Å². The number of aryl methyl sites for hydroxylation is 1. The number of benzene rings is 1. The minimum Gasteiger partial charge on any atom is -0.439 e. The van der Waals surface area contributed by atoms with E-state index in [0.717, 1.165) is 0 Å². The van der Waals surface area contributed by atoms with E-state index in [4.69, 9.17) is 16.0 Å². The lowest BCUT2D eigenvalue weighted by molar-refractivity contribution is 0.525. The van der Waals surface area contributed by atoms with Gasteiger partial charge in [-0.2, -0.15) is 5.26 Å². The Kier molecular flexibility index (Phi) is 3.09. The average molecular weight is 285 g/mol. The Morgan fingerprint density at radius 3 is 2.75 bits per heavy atom. The molecule has 20 heavy (non-hydrogen) atoms. The van der Waals surface area contributed by atoms with Crippen molar-refractivity contribution in [3.05, 3.63) is 52.9 Å². The van der Waals surface area contributed by atoms with Gasteiger partial charge in [-0.15, -0.1) is 0 Å². The van der Waals surface area contributed by atoms with Crippen molar-refractivity contribution in [3.63, 3.8) is 0 Å². The Labute approximate surface area is 119 Å². The Hall–Kier alpha value is -2.45. The van der Waals surface area contributed by atoms with Crippen LogP contribution in [0.1, 0.15) is 23.2 Å². The number of hydrogen-bond acceptors (Lipinski definition) is 5. The molecule has 1 aromatic carbocycles. The van der Waals surface area contributed by atoms with Gasteiger partial charge in [0.1, 0.15) is 5.52 Å². The molecule has 0 aliphatic carbocycles. The van der Waals surface area contributed by atoms with E-state index in [1.54, 1.807) is 19.1 Å². The molecule has 0 saturated heterocycles. The molecule has 1 atom stereocenters. The second kappa shape index (κ2) is 4.91. The van der Waals surface area contributed by atoms with Crippen LogP contribution in [0.25, 0.3) is 11.1 Å². The van der Waals surface area contributed by atoms with Crippen molar-refractivity contribution in [2.24, 2.45) is 0 Å². The predicted molar refractivity (Wildman–Crippen MR) is 73.2 cm³/mol. The van der Waals surface area contributed by atoms with Gasteiger partial charge in [-0.3, -0.25) is 0 Å². The number of aromatic nitrogens is 3. The molecule has 0 bridgehead atoms. The van der Waals surface area contributed by atoms with Gasteiger partial charge in [-0.1, -0.05) is 12.1 Å². The van der Waals surface area contributed by atoms with E-state index < -0.39 is 5.92 Å². The quantitative estimate of drug-likeness (QED) is 0.675. The van der Waals surface area contributed by atoms with Crippen molar-refractivity contribution in [1.82, 2.24) is 15.0 Å². The minimum absolute atomic E-state index is 0.108. The lowest BCUT2D eigenvalue weighted by atomic mass is 10.1. The lowest BCUT2D eigenvalue weighted by Crippen LogP contribution is -2.03. The van der Waals surface area contributed by atoms with Gasteiger partial charge in [0.15, 0.2) is 11.5 Å². The maximum atomic E-state index is 9.39. The average Bonchev–Trinajstić information content (AvgIpc) is 2.81. The highest BCUT2D eigenvalue weighted by atomic mass is 35.5. The molecule has 98 valence electrons. The van der Waals surface area contributed by atoms with Crippen LogP contribution in [0.4, 0.5) is 0 Å². The SMILES string of the molecule is Cc1cc([C@@H](C#N)c2nc3ccccc3o2)nc(Cl)n1. The predicted octanol–water partition coefficient (Wildman–Crippen LogP) is 3.24. The summed E-state index contributed by atoms with van der Waals surface area (Å²) in [4.78, 5) is 12.4. The van der Waals surface area contributed by atoms with E-state index in [1.807, 2.05) is 18.2 Å². The van der Waals surface area contributed by atoms with E-state index in [1.165, 1.54) is 0 Å². The highest BCUT2D eigenvalue weighted by Gasteiger charge is 2.22. The lowest BCUT2D eigenvalue weighted by Gasteiger charge is -2.05. The van der Waals surface area contributed by atoms with Gasteiger partial charge in [0.25, 0.3) is 0 Å². The Morgan fingerprint density at radius 2 is 2.05 bits per heavy atom. The molecule has 0 aliphatic heterocycles. The molecule has 0 N–H and O–H groups in total. The van der Waals surface area contributed by atoms with Crippen LogP contribution < -0.4 is 0 Å². The molecule has 2 aromatic heterocycles. The van der Waals surface area contributed by atoms with E-state index in [2.05, 4.69) is 21.0 Å². The van der Waals surface area contributed by atoms with Crippen LogP contribution in [0.2, 0.25) is 5.28 Å². The van der Waals surface area contributed by atoms with Crippen molar-refractivity contribution in [3.8, 4) is 6.07 Å². The summed E-state index contributed by atoms with van der Waals surface area (Å²) >= 11 is 5.83. The smallest absolute Gasteiger partial charge is 0.222 e. The molecule has 0 amide bonds. The molecule has 0 radical (unpaired) electrons. The van der Waals surface area contributed by atoms with Crippen LogP contribution in [-0.4, -0.2) is 15.0 Å². The fraction of sp³-hybridized carbons (Fsp3) is 0.143. The van der Waals surface area contributed by atoms with Gasteiger partial charge >= 0.3 is 0 Å². The van der Waals surface area contributed by atoms with Crippen molar-refractivity contribution < 1.29 is 4.42 Å². The second-order valence-corrected chi connectivity index (χ2v) is 4.62. The first kappa shape index (κ1) is 12.6. The maximum Gasteiger partial charge on any atom is 0.222 e. The van der Waals surface area contributed by atoms with Gasteiger partial charge in [0, 0.05) is 5.69 Å². The van der Waals surface area contributed by atoms with E-state index in [0.29, 0.717) is 28.4 Å². The van der Waals surface area contributed by atoms with E-state index >= 15 is 0 Å². The number of oxazole rings is 1. The molecule has 0 aliphatic rings. The number of nitrogens with zero attached hydrogens (tertiary/aromatic N) is 4. The highest BCUT2D eigenvalue weighted by molar-refractivity contribution is 6.28. The fourth-order valence-corrected chi connectivity index (χ4v) is 2.20. The Morgan fingerprint density at radius 1 is 1.25 bits per heavy atom. The van der Waals surface area contributed by atoms with Gasteiger partial charge in [-0.25, -0.2) is 15.0 Å². The molecule has 0 spiro atoms. The molecule has 5 nitrogen and oxygen atoms in total. The standard InChI is InChI=1S/C14H9ClN4O/c1-8-6-11(19-14(15)17-8)9(7-16)13-18-10-4-2-3-5-12(10)20-13/h2-6,9H,1H3/t9-/m1/s1. The zero-order chi connectivity index (χ0) is 14.1. The topological polar surface area (TPSA) is 75.6 Å². The van der Waals surface area contributed by atoms with Gasteiger partial charge in [0.2, 0.25) is 11.2 Å². The molecule has 3 aromatic rings. The number of fused-ring (bicyclic) bond motifs is 1. The van der Waals surface area contributed by atoms with Crippen LogP contribution >= 0.6 is 11.6 Å². The molecule has 2 heterocycles. The molecule has 0 fully saturated rings. The maximum absolute atomic E-state index is 9.39. The minimum atomic E-state index is -0.707. The Balaban J connectivity index is 2.11. The summed E-state index contributed by atoms with van der Waals surface area (Å²) in [7, 11) is 0. The van der Waals surface area contributed by atoms with Crippen molar-refractivity contribution in [1.29, 1.82) is 5.26 Å². The zero-order valence-electron chi connectivity index (χ0n) is 10.5. The molecular weight excluding hydrogens is 276 g/mol. The van der Waals surface area contributed by atoms with Gasteiger partial charge < -0.3 is 4.42 Å². The summed E-state index contributed by atoms with van der Waals surface area (Å²) in [5, 5.41) is 9.49. The Bertz CT molecular complexity index is 768. The van der Waals surface area contributed by atoms with Gasteiger partial charge in [-0.05, 0) is 36.7 Å². The molecular formula is C14H9ClN4O. The third-order valence-electron chi connectivity index (χ3n) is 2.83. The number of rotatable bonds is 2. The van der Waals surface area contributed by atoms with Crippen LogP contribution in [-0.2, 0) is 0 Å². The summed E-state index contributed by atoms with van der Waals surface area (Å²) in [6, 6.07) is 11.2. The van der Waals surface area contributed by atoms with Crippen molar-refractivity contribution in [2.75, 3.05) is 0 Å². The third kappa shape index (κ3) is 2.22. The normalized spacial score (nSPS) is 12.2. The molecule has 0 saturated carbocycles. The number of halogens is 1. The van der Waals surface area contributed by atoms with Crippen molar-refractivity contribution in [2.45, 2.75) is 12.8 Å². The second-order valence-electron chi connectivity index (χ2n) is 4.29. The summed E-state index contributed by atoms with van der Waals surface area (Å²) in [5.41, 5.74) is 2.52. The van der Waals surface area contributed by atoms with E-state index in [9.17, 15) is 5.26 Å². The first-order chi connectivity index (χ1) is 9.67. The molecule has 6 heteroatoms. The number of para-hydroxylation sites is 2. The number of hydrogen-bond donors (Lipinski definition) is 0. The monoisotopic (exact) mass is 284 g/mol. The molecule has 3 rings (SSSR count). The number of nitriles is 1. The summed E-state index contributed by atoms with van der Waals surface area (Å²) in [6.07, 6.45) is 0.